The second-order valence-corrected chi connectivity index (χ2v) is 11.2. The Morgan fingerprint density at radius 1 is 0.762 bits per heavy atom. The summed E-state index contributed by atoms with van der Waals surface area (Å²) in [6, 6.07) is 10.3. The van der Waals surface area contributed by atoms with E-state index in [-0.39, 0.29) is 44.2 Å². The molecule has 1 rings (SSSR count). The lowest BCUT2D eigenvalue weighted by Crippen LogP contribution is -2.47. The minimum atomic E-state index is -0.978. The summed E-state index contributed by atoms with van der Waals surface area (Å²) in [4.78, 5) is 62.0. The molecule has 0 radical (unpaired) electrons. The lowest BCUT2D eigenvalue weighted by molar-refractivity contribution is -0.137. The monoisotopic (exact) mass is 593 g/mol. The molecular formula is C29H47N5O8. The first kappa shape index (κ1) is 37.8. The molecule has 0 unspecified atom stereocenters. The highest BCUT2D eigenvalue weighted by Gasteiger charge is 2.21. The maximum atomic E-state index is 12.0. The molecule has 0 aliphatic heterocycles. The fraction of sp³-hybridized carbons (Fsp3) is 0.586. The van der Waals surface area contributed by atoms with Gasteiger partial charge in [-0.25, -0.2) is 9.59 Å². The van der Waals surface area contributed by atoms with Crippen molar-refractivity contribution in [1.29, 1.82) is 0 Å². The molecule has 0 saturated heterocycles. The number of aryl methyl sites for hydroxylation is 1. The number of unbranched alkanes of at least 4 members (excludes halogenated alkanes) is 1. The van der Waals surface area contributed by atoms with Gasteiger partial charge in [0, 0.05) is 25.9 Å². The molecule has 0 heterocycles. The van der Waals surface area contributed by atoms with Crippen LogP contribution >= 0.6 is 0 Å². The Morgan fingerprint density at radius 2 is 1.31 bits per heavy atom. The topological polar surface area (TPSA) is 185 Å². The van der Waals surface area contributed by atoms with E-state index in [9.17, 15) is 24.0 Å². The third-order valence-electron chi connectivity index (χ3n) is 4.60. The summed E-state index contributed by atoms with van der Waals surface area (Å²) in [7, 11) is 0. The molecule has 0 aliphatic carbocycles. The number of alkyl carbamates (subject to hydrolysis) is 2. The van der Waals surface area contributed by atoms with Crippen molar-refractivity contribution < 1.29 is 38.6 Å². The molecule has 13 nitrogen and oxygen atoms in total. The second kappa shape index (κ2) is 19.8. The first-order valence-electron chi connectivity index (χ1n) is 13.8. The number of carboxylic acids is 1. The molecule has 1 aromatic rings. The van der Waals surface area contributed by atoms with E-state index in [0.29, 0.717) is 19.4 Å². The van der Waals surface area contributed by atoms with Gasteiger partial charge in [-0.15, -0.1) is 0 Å². The van der Waals surface area contributed by atoms with E-state index < -0.39 is 35.3 Å². The van der Waals surface area contributed by atoms with E-state index in [1.54, 1.807) is 41.5 Å². The zero-order valence-corrected chi connectivity index (χ0v) is 25.8. The van der Waals surface area contributed by atoms with Gasteiger partial charge in [0.05, 0.1) is 6.54 Å². The Morgan fingerprint density at radius 3 is 1.76 bits per heavy atom. The molecule has 13 heteroatoms. The Hall–Kier alpha value is -4.16. The van der Waals surface area contributed by atoms with Gasteiger partial charge in [-0.2, -0.15) is 0 Å². The van der Waals surface area contributed by atoms with Crippen LogP contribution in [0, 0.1) is 6.92 Å². The largest absolute Gasteiger partial charge is 0.481 e. The van der Waals surface area contributed by atoms with Crippen molar-refractivity contribution in [3.05, 3.63) is 35.9 Å². The van der Waals surface area contributed by atoms with Gasteiger partial charge in [0.25, 0.3) is 0 Å². The number of nitrogens with one attached hydrogen (secondary N) is 4. The van der Waals surface area contributed by atoms with Crippen molar-refractivity contribution in [2.24, 2.45) is 4.99 Å². The molecule has 0 aliphatic rings. The predicted octanol–water partition coefficient (Wildman–Crippen LogP) is 3.65. The molecule has 0 fully saturated rings. The number of carboxylic acid groups (broad SMARTS) is 1. The van der Waals surface area contributed by atoms with Crippen LogP contribution in [0.2, 0.25) is 0 Å². The van der Waals surface area contributed by atoms with E-state index in [1.165, 1.54) is 5.56 Å². The van der Waals surface area contributed by atoms with Gasteiger partial charge in [-0.1, -0.05) is 35.9 Å². The van der Waals surface area contributed by atoms with Crippen molar-refractivity contribution in [2.75, 3.05) is 19.6 Å². The number of hydrogen-bond donors (Lipinski definition) is 5. The van der Waals surface area contributed by atoms with Crippen LogP contribution in [0.1, 0.15) is 79.2 Å². The van der Waals surface area contributed by atoms with Crippen LogP contribution in [0.25, 0.3) is 0 Å². The molecule has 0 spiro atoms. The number of aliphatic carboxylic acids is 1. The number of nitrogens with zero attached hydrogens (tertiary/aromatic N) is 1. The number of ether oxygens (including phenoxy) is 2. The van der Waals surface area contributed by atoms with Gasteiger partial charge in [0.15, 0.2) is 0 Å². The third kappa shape index (κ3) is 24.9. The van der Waals surface area contributed by atoms with Crippen molar-refractivity contribution in [3.63, 3.8) is 0 Å². The van der Waals surface area contributed by atoms with Crippen LogP contribution in [0.15, 0.2) is 35.3 Å². The number of carbonyl (C=O) groups is 5. The Kier molecular flexibility index (Phi) is 17.9. The Balaban J connectivity index is 0.00000207. The zero-order chi connectivity index (χ0) is 32.2. The molecule has 0 aromatic heterocycles. The van der Waals surface area contributed by atoms with E-state index in [0.717, 1.165) is 0 Å². The highest BCUT2D eigenvalue weighted by molar-refractivity contribution is 6.01. The van der Waals surface area contributed by atoms with Gasteiger partial charge in [0.2, 0.25) is 17.8 Å². The number of aliphatic imine (C=N–C) groups is 1. The summed E-state index contributed by atoms with van der Waals surface area (Å²) < 4.78 is 10.3. The first-order valence-corrected chi connectivity index (χ1v) is 13.8. The van der Waals surface area contributed by atoms with Crippen LogP contribution < -0.4 is 21.3 Å². The second-order valence-electron chi connectivity index (χ2n) is 11.2. The summed E-state index contributed by atoms with van der Waals surface area (Å²) >= 11 is 0. The summed E-state index contributed by atoms with van der Waals surface area (Å²) in [5, 5.41) is 18.4. The normalized spacial score (nSPS) is 10.6. The summed E-state index contributed by atoms with van der Waals surface area (Å²) in [6.45, 7) is 12.6. The molecule has 4 amide bonds. The lowest BCUT2D eigenvalue weighted by Gasteiger charge is -2.22. The van der Waals surface area contributed by atoms with Crippen LogP contribution in [0.3, 0.4) is 0 Å². The standard InChI is InChI=1S/C22H39N5O8.C7H8/c1-21(2,3)34-19(32)26-18(27-20(33)35-22(4,5)6)24-13-8-7-12-23-16(29)14-25-15(28)10-9-11-17(30)31;1-7-5-3-2-4-6-7/h7-14H2,1-6H3,(H,23,29)(H,25,28)(H,30,31)(H2,24,26,27,32,33);2-6H,1H3. The van der Waals surface area contributed by atoms with Crippen molar-refractivity contribution in [1.82, 2.24) is 21.3 Å². The number of benzene rings is 1. The van der Waals surface area contributed by atoms with Crippen molar-refractivity contribution in [3.8, 4) is 0 Å². The highest BCUT2D eigenvalue weighted by Crippen LogP contribution is 2.07. The van der Waals surface area contributed by atoms with Crippen LogP contribution in [-0.2, 0) is 23.9 Å². The summed E-state index contributed by atoms with van der Waals surface area (Å²) in [5.74, 6) is -1.87. The molecule has 0 saturated carbocycles. The quantitative estimate of drug-likeness (QED) is 0.146. The maximum absolute atomic E-state index is 12.0. The average Bonchev–Trinajstić information content (AvgIpc) is 2.83. The Labute approximate surface area is 248 Å². The van der Waals surface area contributed by atoms with E-state index in [4.69, 9.17) is 14.6 Å². The minimum Gasteiger partial charge on any atom is -0.481 e. The number of guanidine groups is 1. The first-order chi connectivity index (χ1) is 19.5. The smallest absolute Gasteiger partial charge is 0.414 e. The van der Waals surface area contributed by atoms with E-state index in [1.807, 2.05) is 18.2 Å². The maximum Gasteiger partial charge on any atom is 0.414 e. The van der Waals surface area contributed by atoms with Gasteiger partial charge >= 0.3 is 18.2 Å². The molecular weight excluding hydrogens is 546 g/mol. The number of amides is 4. The van der Waals surface area contributed by atoms with Crippen molar-refractivity contribution >= 4 is 35.9 Å². The number of rotatable bonds is 11. The van der Waals surface area contributed by atoms with Gasteiger partial charge < -0.3 is 25.2 Å². The molecule has 42 heavy (non-hydrogen) atoms. The van der Waals surface area contributed by atoms with Crippen LogP contribution in [0.4, 0.5) is 9.59 Å². The minimum absolute atomic E-state index is 0.0363. The molecule has 0 atom stereocenters. The zero-order valence-electron chi connectivity index (χ0n) is 25.8. The van der Waals surface area contributed by atoms with Crippen LogP contribution in [0.5, 0.6) is 0 Å². The van der Waals surface area contributed by atoms with E-state index >= 15 is 0 Å². The molecule has 0 bridgehead atoms. The fourth-order valence-electron chi connectivity index (χ4n) is 2.83. The van der Waals surface area contributed by atoms with Gasteiger partial charge in [-0.05, 0) is 67.7 Å². The fourth-order valence-corrected chi connectivity index (χ4v) is 2.83. The lowest BCUT2D eigenvalue weighted by atomic mass is 10.2. The van der Waals surface area contributed by atoms with Crippen molar-refractivity contribution in [2.45, 2.75) is 91.8 Å². The number of carbonyl (C=O) groups excluding carboxylic acids is 4. The SMILES string of the molecule is CC(C)(C)OC(=O)NC(=NCCCCNC(=O)CNC(=O)CCCC(=O)O)NC(=O)OC(C)(C)C.Cc1ccccc1. The van der Waals surface area contributed by atoms with Crippen LogP contribution in [-0.4, -0.2) is 71.9 Å². The molecule has 236 valence electrons. The van der Waals surface area contributed by atoms with Gasteiger partial charge in [-0.3, -0.25) is 30.0 Å². The highest BCUT2D eigenvalue weighted by atomic mass is 16.6. The molecule has 1 aromatic carbocycles. The number of hydrogen-bond acceptors (Lipinski definition) is 8. The summed E-state index contributed by atoms with van der Waals surface area (Å²) in [5.41, 5.74) is -0.156. The molecule has 5 N–H and O–H groups in total. The predicted molar refractivity (Wildman–Crippen MR) is 159 cm³/mol. The summed E-state index contributed by atoms with van der Waals surface area (Å²) in [6.07, 6.45) is -0.365. The average molecular weight is 594 g/mol. The van der Waals surface area contributed by atoms with Gasteiger partial charge in [0.1, 0.15) is 11.2 Å². The Bertz CT molecular complexity index is 999. The van der Waals surface area contributed by atoms with E-state index in [2.05, 4.69) is 45.3 Å². The third-order valence-corrected chi connectivity index (χ3v) is 4.60.